The lowest BCUT2D eigenvalue weighted by Gasteiger charge is -2.19. The lowest BCUT2D eigenvalue weighted by molar-refractivity contribution is 0.432. The van der Waals surface area contributed by atoms with Crippen LogP contribution in [-0.4, -0.2) is 23.6 Å². The normalized spacial score (nSPS) is 24.6. The van der Waals surface area contributed by atoms with Gasteiger partial charge in [0.25, 0.3) is 0 Å². The highest BCUT2D eigenvalue weighted by Gasteiger charge is 2.24. The summed E-state index contributed by atoms with van der Waals surface area (Å²) in [6, 6.07) is 10.3. The molecule has 0 aromatic heterocycles. The molecule has 1 aliphatic rings. The zero-order chi connectivity index (χ0) is 13.7. The summed E-state index contributed by atoms with van der Waals surface area (Å²) in [5.74, 6) is 0. The van der Waals surface area contributed by atoms with E-state index in [4.69, 9.17) is 0 Å². The Morgan fingerprint density at radius 2 is 2.21 bits per heavy atom. The van der Waals surface area contributed by atoms with Crippen LogP contribution in [0.4, 0.5) is 0 Å². The number of rotatable bonds is 6. The van der Waals surface area contributed by atoms with Crippen molar-refractivity contribution in [2.75, 3.05) is 6.26 Å². The lowest BCUT2D eigenvalue weighted by Crippen LogP contribution is -2.35. The van der Waals surface area contributed by atoms with Crippen LogP contribution in [0.15, 0.2) is 24.3 Å². The fourth-order valence-electron chi connectivity index (χ4n) is 3.04. The van der Waals surface area contributed by atoms with E-state index in [1.807, 2.05) is 11.8 Å². The second kappa shape index (κ2) is 7.35. The van der Waals surface area contributed by atoms with Crippen LogP contribution in [0.2, 0.25) is 0 Å². The number of benzene rings is 1. The highest BCUT2D eigenvalue weighted by Crippen LogP contribution is 2.28. The largest absolute Gasteiger partial charge is 0.311 e. The van der Waals surface area contributed by atoms with E-state index in [9.17, 15) is 0 Å². The number of hydrogen-bond acceptors (Lipinski definition) is 2. The SMILES string of the molecule is CSC1CCC(NC(C)CCc2cccc(C)c2)C1. The fraction of sp³-hybridized carbons (Fsp3) is 0.647. The molecule has 1 fully saturated rings. The van der Waals surface area contributed by atoms with Crippen molar-refractivity contribution in [3.63, 3.8) is 0 Å². The summed E-state index contributed by atoms with van der Waals surface area (Å²) >= 11 is 2.04. The molecule has 0 spiro atoms. The predicted molar refractivity (Wildman–Crippen MR) is 87.0 cm³/mol. The zero-order valence-electron chi connectivity index (χ0n) is 12.5. The van der Waals surface area contributed by atoms with Gasteiger partial charge >= 0.3 is 0 Å². The molecule has 3 atom stereocenters. The van der Waals surface area contributed by atoms with Gasteiger partial charge in [-0.1, -0.05) is 29.8 Å². The molecule has 1 saturated carbocycles. The molecule has 19 heavy (non-hydrogen) atoms. The van der Waals surface area contributed by atoms with E-state index < -0.39 is 0 Å². The van der Waals surface area contributed by atoms with Crippen LogP contribution in [0.5, 0.6) is 0 Å². The highest BCUT2D eigenvalue weighted by molar-refractivity contribution is 7.99. The molecule has 0 saturated heterocycles. The van der Waals surface area contributed by atoms with Crippen LogP contribution >= 0.6 is 11.8 Å². The lowest BCUT2D eigenvalue weighted by atomic mass is 10.0. The Morgan fingerprint density at radius 1 is 1.37 bits per heavy atom. The molecular weight excluding hydrogens is 250 g/mol. The summed E-state index contributed by atoms with van der Waals surface area (Å²) in [5.41, 5.74) is 2.85. The molecule has 0 radical (unpaired) electrons. The maximum absolute atomic E-state index is 3.81. The molecule has 0 bridgehead atoms. The Labute approximate surface area is 122 Å². The van der Waals surface area contributed by atoms with Crippen molar-refractivity contribution in [1.29, 1.82) is 0 Å². The van der Waals surface area contributed by atoms with E-state index in [0.717, 1.165) is 11.3 Å². The number of aryl methyl sites for hydroxylation is 2. The van der Waals surface area contributed by atoms with Crippen LogP contribution in [0, 0.1) is 6.92 Å². The van der Waals surface area contributed by atoms with Gasteiger partial charge in [-0.05, 0) is 57.8 Å². The molecule has 1 nitrogen and oxygen atoms in total. The van der Waals surface area contributed by atoms with E-state index in [1.165, 1.54) is 43.2 Å². The first-order chi connectivity index (χ1) is 9.17. The number of thioether (sulfide) groups is 1. The molecule has 0 aliphatic heterocycles. The summed E-state index contributed by atoms with van der Waals surface area (Å²) in [6.07, 6.45) is 8.78. The summed E-state index contributed by atoms with van der Waals surface area (Å²) < 4.78 is 0. The maximum Gasteiger partial charge on any atom is 0.00804 e. The van der Waals surface area contributed by atoms with Crippen molar-refractivity contribution in [3.05, 3.63) is 35.4 Å². The van der Waals surface area contributed by atoms with Gasteiger partial charge in [0.2, 0.25) is 0 Å². The standard InChI is InChI=1S/C17H27NS/c1-13-5-4-6-15(11-13)8-7-14(2)18-16-9-10-17(12-16)19-3/h4-6,11,14,16-18H,7-10,12H2,1-3H3. The number of hydrogen-bond donors (Lipinski definition) is 1. The van der Waals surface area contributed by atoms with Gasteiger partial charge in [0.15, 0.2) is 0 Å². The zero-order valence-corrected chi connectivity index (χ0v) is 13.3. The van der Waals surface area contributed by atoms with E-state index in [1.54, 1.807) is 0 Å². The van der Waals surface area contributed by atoms with Crippen LogP contribution in [-0.2, 0) is 6.42 Å². The van der Waals surface area contributed by atoms with Gasteiger partial charge in [0.1, 0.15) is 0 Å². The molecule has 1 aliphatic carbocycles. The molecule has 2 heteroatoms. The average Bonchev–Trinajstić information content (AvgIpc) is 2.84. The fourth-order valence-corrected chi connectivity index (χ4v) is 3.84. The summed E-state index contributed by atoms with van der Waals surface area (Å²) in [6.45, 7) is 4.51. The van der Waals surface area contributed by atoms with Gasteiger partial charge in [-0.3, -0.25) is 0 Å². The Kier molecular flexibility index (Phi) is 5.77. The monoisotopic (exact) mass is 277 g/mol. The molecule has 106 valence electrons. The Morgan fingerprint density at radius 3 is 2.89 bits per heavy atom. The molecule has 1 N–H and O–H groups in total. The molecule has 1 aromatic carbocycles. The van der Waals surface area contributed by atoms with Gasteiger partial charge < -0.3 is 5.32 Å². The molecule has 0 heterocycles. The second-order valence-electron chi connectivity index (χ2n) is 5.96. The molecule has 3 unspecified atom stereocenters. The van der Waals surface area contributed by atoms with Crippen molar-refractivity contribution in [3.8, 4) is 0 Å². The molecular formula is C17H27NS. The van der Waals surface area contributed by atoms with E-state index in [0.29, 0.717) is 6.04 Å². The van der Waals surface area contributed by atoms with Crippen LogP contribution in [0.3, 0.4) is 0 Å². The van der Waals surface area contributed by atoms with Gasteiger partial charge in [0, 0.05) is 17.3 Å². The Bertz CT molecular complexity index is 391. The van der Waals surface area contributed by atoms with Crippen LogP contribution in [0.25, 0.3) is 0 Å². The van der Waals surface area contributed by atoms with Crippen LogP contribution < -0.4 is 5.32 Å². The van der Waals surface area contributed by atoms with Gasteiger partial charge in [0.05, 0.1) is 0 Å². The third kappa shape index (κ3) is 4.85. The minimum absolute atomic E-state index is 0.631. The van der Waals surface area contributed by atoms with E-state index in [2.05, 4.69) is 49.7 Å². The first kappa shape index (κ1) is 14.9. The van der Waals surface area contributed by atoms with Gasteiger partial charge in [-0.15, -0.1) is 0 Å². The first-order valence-electron chi connectivity index (χ1n) is 7.51. The second-order valence-corrected chi connectivity index (χ2v) is 7.10. The van der Waals surface area contributed by atoms with Gasteiger partial charge in [-0.25, -0.2) is 0 Å². The molecule has 2 rings (SSSR count). The third-order valence-corrected chi connectivity index (χ3v) is 5.28. The van der Waals surface area contributed by atoms with Gasteiger partial charge in [-0.2, -0.15) is 11.8 Å². The summed E-state index contributed by atoms with van der Waals surface area (Å²) in [5, 5.41) is 4.70. The topological polar surface area (TPSA) is 12.0 Å². The van der Waals surface area contributed by atoms with Crippen LogP contribution in [0.1, 0.15) is 43.7 Å². The van der Waals surface area contributed by atoms with Crippen molar-refractivity contribution < 1.29 is 0 Å². The molecule has 0 amide bonds. The number of nitrogens with one attached hydrogen (secondary N) is 1. The van der Waals surface area contributed by atoms with Crippen molar-refractivity contribution >= 4 is 11.8 Å². The Balaban J connectivity index is 1.71. The molecule has 1 aromatic rings. The highest BCUT2D eigenvalue weighted by atomic mass is 32.2. The summed E-state index contributed by atoms with van der Waals surface area (Å²) in [4.78, 5) is 0. The predicted octanol–water partition coefficient (Wildman–Crippen LogP) is 4.19. The van der Waals surface area contributed by atoms with E-state index >= 15 is 0 Å². The average molecular weight is 277 g/mol. The van der Waals surface area contributed by atoms with Crippen molar-refractivity contribution in [2.45, 2.75) is 63.3 Å². The quantitative estimate of drug-likeness (QED) is 0.837. The minimum atomic E-state index is 0.631. The third-order valence-electron chi connectivity index (χ3n) is 4.19. The first-order valence-corrected chi connectivity index (χ1v) is 8.80. The van der Waals surface area contributed by atoms with E-state index in [-0.39, 0.29) is 0 Å². The minimum Gasteiger partial charge on any atom is -0.311 e. The Hall–Kier alpha value is -0.470. The smallest absolute Gasteiger partial charge is 0.00804 e. The van der Waals surface area contributed by atoms with Crippen molar-refractivity contribution in [2.24, 2.45) is 0 Å². The summed E-state index contributed by atoms with van der Waals surface area (Å²) in [7, 11) is 0. The maximum atomic E-state index is 3.81. The van der Waals surface area contributed by atoms with Crippen molar-refractivity contribution in [1.82, 2.24) is 5.32 Å².